The molecule has 0 saturated heterocycles. The molecule has 0 aliphatic rings. The smallest absolute Gasteiger partial charge is 0.121 e. The number of ether oxygens (including phenoxy) is 1. The van der Waals surface area contributed by atoms with Crippen molar-refractivity contribution in [3.05, 3.63) is 30.5 Å². The third-order valence-corrected chi connectivity index (χ3v) is 4.22. The molecule has 2 rings (SSSR count). The van der Waals surface area contributed by atoms with Crippen LogP contribution in [0.1, 0.15) is 33.6 Å². The van der Waals surface area contributed by atoms with E-state index in [1.54, 1.807) is 13.3 Å². The maximum atomic E-state index is 10.8. The normalized spacial score (nSPS) is 13.8. The first-order chi connectivity index (χ1) is 12.0. The molecule has 2 N–H and O–H groups in total. The molecule has 25 heavy (non-hydrogen) atoms. The van der Waals surface area contributed by atoms with Gasteiger partial charge in [0, 0.05) is 30.7 Å². The molecule has 5 heteroatoms. The Hall–Kier alpha value is -1.85. The van der Waals surface area contributed by atoms with Gasteiger partial charge in [0.25, 0.3) is 0 Å². The fourth-order valence-corrected chi connectivity index (χ4v) is 3.14. The number of hydrogen-bond donors (Lipinski definition) is 2. The molecule has 0 radical (unpaired) electrons. The second kappa shape index (κ2) is 9.02. The third-order valence-electron chi connectivity index (χ3n) is 4.22. The molecule has 1 aromatic heterocycles. The van der Waals surface area contributed by atoms with E-state index in [4.69, 9.17) is 4.74 Å². The number of rotatable bonds is 10. The lowest BCUT2D eigenvalue weighted by Crippen LogP contribution is -2.46. The Morgan fingerprint density at radius 1 is 1.24 bits per heavy atom. The van der Waals surface area contributed by atoms with Crippen LogP contribution in [0.3, 0.4) is 0 Å². The highest BCUT2D eigenvalue weighted by Crippen LogP contribution is 2.28. The summed E-state index contributed by atoms with van der Waals surface area (Å²) in [4.78, 5) is 6.79. The van der Waals surface area contributed by atoms with Crippen LogP contribution in [0.4, 0.5) is 5.69 Å². The van der Waals surface area contributed by atoms with Crippen LogP contribution in [0.25, 0.3) is 10.9 Å². The SMILES string of the molecule is CCCN(CCC)CC(C)(O)CNc1cc(OC)cc2cccnc12. The van der Waals surface area contributed by atoms with E-state index >= 15 is 0 Å². The van der Waals surface area contributed by atoms with Gasteiger partial charge >= 0.3 is 0 Å². The molecular weight excluding hydrogens is 314 g/mol. The number of methoxy groups -OCH3 is 1. The van der Waals surface area contributed by atoms with Crippen molar-refractivity contribution in [1.82, 2.24) is 9.88 Å². The highest BCUT2D eigenvalue weighted by atomic mass is 16.5. The van der Waals surface area contributed by atoms with Gasteiger partial charge in [0.15, 0.2) is 0 Å². The van der Waals surface area contributed by atoms with Crippen LogP contribution in [0.15, 0.2) is 30.5 Å². The Morgan fingerprint density at radius 2 is 1.96 bits per heavy atom. The number of hydrogen-bond acceptors (Lipinski definition) is 5. The number of nitrogens with zero attached hydrogens (tertiary/aromatic N) is 2. The number of anilines is 1. The van der Waals surface area contributed by atoms with Crippen molar-refractivity contribution in [3.8, 4) is 5.75 Å². The van der Waals surface area contributed by atoms with Crippen LogP contribution in [0.5, 0.6) is 5.75 Å². The second-order valence-corrected chi connectivity index (χ2v) is 6.88. The zero-order valence-electron chi connectivity index (χ0n) is 15.9. The van der Waals surface area contributed by atoms with Gasteiger partial charge in [-0.3, -0.25) is 4.98 Å². The van der Waals surface area contributed by atoms with E-state index in [9.17, 15) is 5.11 Å². The molecule has 138 valence electrons. The van der Waals surface area contributed by atoms with Crippen molar-refractivity contribution in [2.45, 2.75) is 39.2 Å². The minimum absolute atomic E-state index is 0.454. The van der Waals surface area contributed by atoms with E-state index < -0.39 is 5.60 Å². The first kappa shape index (κ1) is 19.5. The molecule has 1 heterocycles. The van der Waals surface area contributed by atoms with Gasteiger partial charge < -0.3 is 20.1 Å². The lowest BCUT2D eigenvalue weighted by molar-refractivity contribution is 0.0309. The van der Waals surface area contributed by atoms with Gasteiger partial charge in [-0.25, -0.2) is 0 Å². The average molecular weight is 345 g/mol. The number of fused-ring (bicyclic) bond motifs is 1. The van der Waals surface area contributed by atoms with E-state index in [0.29, 0.717) is 13.1 Å². The van der Waals surface area contributed by atoms with Crippen LogP contribution < -0.4 is 10.1 Å². The van der Waals surface area contributed by atoms with Gasteiger partial charge in [-0.1, -0.05) is 19.9 Å². The first-order valence-electron chi connectivity index (χ1n) is 9.10. The molecule has 1 atom stereocenters. The van der Waals surface area contributed by atoms with Crippen molar-refractivity contribution in [1.29, 1.82) is 0 Å². The van der Waals surface area contributed by atoms with Crippen LogP contribution in [-0.2, 0) is 0 Å². The van der Waals surface area contributed by atoms with Crippen LogP contribution >= 0.6 is 0 Å². The summed E-state index contributed by atoms with van der Waals surface area (Å²) in [5.41, 5.74) is 0.944. The fraction of sp³-hybridized carbons (Fsp3) is 0.550. The predicted molar refractivity (Wildman–Crippen MR) is 104 cm³/mol. The zero-order chi connectivity index (χ0) is 18.3. The summed E-state index contributed by atoms with van der Waals surface area (Å²) < 4.78 is 5.38. The van der Waals surface area contributed by atoms with Crippen molar-refractivity contribution in [3.63, 3.8) is 0 Å². The Bertz CT molecular complexity index is 667. The van der Waals surface area contributed by atoms with Crippen LogP contribution in [-0.4, -0.2) is 53.9 Å². The summed E-state index contributed by atoms with van der Waals surface area (Å²) in [6, 6.07) is 7.82. The van der Waals surface area contributed by atoms with E-state index in [-0.39, 0.29) is 0 Å². The highest BCUT2D eigenvalue weighted by molar-refractivity contribution is 5.91. The summed E-state index contributed by atoms with van der Waals surface area (Å²) in [6.45, 7) is 9.34. The number of nitrogens with one attached hydrogen (secondary N) is 1. The largest absolute Gasteiger partial charge is 0.497 e. The molecule has 0 amide bonds. The predicted octanol–water partition coefficient (Wildman–Crippen LogP) is 3.53. The highest BCUT2D eigenvalue weighted by Gasteiger charge is 2.24. The van der Waals surface area contributed by atoms with Gasteiger partial charge in [0.05, 0.1) is 23.9 Å². The summed E-state index contributed by atoms with van der Waals surface area (Å²) >= 11 is 0. The molecule has 0 saturated carbocycles. The molecule has 0 bridgehead atoms. The van der Waals surface area contributed by atoms with Gasteiger partial charge in [0.2, 0.25) is 0 Å². The van der Waals surface area contributed by atoms with Gasteiger partial charge in [-0.15, -0.1) is 0 Å². The maximum absolute atomic E-state index is 10.8. The van der Waals surface area contributed by atoms with Gasteiger partial charge in [-0.2, -0.15) is 0 Å². The lowest BCUT2D eigenvalue weighted by atomic mass is 10.1. The van der Waals surface area contributed by atoms with Gasteiger partial charge in [0.1, 0.15) is 5.75 Å². The Morgan fingerprint density at radius 3 is 2.60 bits per heavy atom. The third kappa shape index (κ3) is 5.58. The number of aliphatic hydroxyl groups is 1. The first-order valence-corrected chi connectivity index (χ1v) is 9.10. The quantitative estimate of drug-likeness (QED) is 0.690. The van der Waals surface area contributed by atoms with E-state index in [1.165, 1.54) is 0 Å². The van der Waals surface area contributed by atoms with Crippen molar-refractivity contribution in [2.24, 2.45) is 0 Å². The fourth-order valence-electron chi connectivity index (χ4n) is 3.14. The number of aromatic nitrogens is 1. The van der Waals surface area contributed by atoms with E-state index in [0.717, 1.165) is 48.3 Å². The lowest BCUT2D eigenvalue weighted by Gasteiger charge is -2.32. The summed E-state index contributed by atoms with van der Waals surface area (Å²) in [5, 5.41) is 15.2. The van der Waals surface area contributed by atoms with Crippen LogP contribution in [0.2, 0.25) is 0 Å². The summed E-state index contributed by atoms with van der Waals surface area (Å²) in [7, 11) is 1.66. The molecular formula is C20H31N3O2. The Balaban J connectivity index is 2.12. The van der Waals surface area contributed by atoms with Gasteiger partial charge in [-0.05, 0) is 45.0 Å². The molecule has 2 aromatic rings. The number of pyridine rings is 1. The minimum Gasteiger partial charge on any atom is -0.497 e. The zero-order valence-corrected chi connectivity index (χ0v) is 15.9. The Kier molecular flexibility index (Phi) is 7.02. The molecule has 0 aliphatic carbocycles. The topological polar surface area (TPSA) is 57.6 Å². The average Bonchev–Trinajstić information content (AvgIpc) is 2.59. The Labute approximate surface area is 151 Å². The number of benzene rings is 1. The monoisotopic (exact) mass is 345 g/mol. The van der Waals surface area contributed by atoms with E-state index in [1.807, 2.05) is 31.2 Å². The maximum Gasteiger partial charge on any atom is 0.121 e. The molecule has 0 fully saturated rings. The minimum atomic E-state index is -0.825. The standard InChI is InChI=1S/C20H31N3O2/c1-5-10-23(11-6-2)15-20(3,24)14-22-18-13-17(25-4)12-16-8-7-9-21-19(16)18/h7-9,12-13,22,24H,5-6,10-11,14-15H2,1-4H3. The molecule has 0 spiro atoms. The van der Waals surface area contributed by atoms with Crippen molar-refractivity contribution in [2.75, 3.05) is 38.6 Å². The van der Waals surface area contributed by atoms with Crippen LogP contribution in [0, 0.1) is 0 Å². The molecule has 5 nitrogen and oxygen atoms in total. The molecule has 1 unspecified atom stereocenters. The van der Waals surface area contributed by atoms with E-state index in [2.05, 4.69) is 29.0 Å². The second-order valence-electron chi connectivity index (χ2n) is 6.88. The summed E-state index contributed by atoms with van der Waals surface area (Å²) in [5.74, 6) is 0.779. The molecule has 1 aromatic carbocycles. The molecule has 0 aliphatic heterocycles. The van der Waals surface area contributed by atoms with Crippen molar-refractivity contribution < 1.29 is 9.84 Å². The van der Waals surface area contributed by atoms with Crippen molar-refractivity contribution >= 4 is 16.6 Å². The summed E-state index contributed by atoms with van der Waals surface area (Å²) in [6.07, 6.45) is 3.96.